The number of hydrogen-bond acceptors (Lipinski definition) is 2. The Morgan fingerprint density at radius 2 is 2.12 bits per heavy atom. The lowest BCUT2D eigenvalue weighted by molar-refractivity contribution is -0.143. The maximum atomic E-state index is 11.6. The van der Waals surface area contributed by atoms with Crippen molar-refractivity contribution in [3.05, 3.63) is 29.8 Å². The predicted molar refractivity (Wildman–Crippen MR) is 68.2 cm³/mol. The third-order valence-corrected chi connectivity index (χ3v) is 3.72. The van der Waals surface area contributed by atoms with E-state index in [1.165, 1.54) is 0 Å². The van der Waals surface area contributed by atoms with Crippen LogP contribution in [0.2, 0.25) is 0 Å². The van der Waals surface area contributed by atoms with Crippen LogP contribution in [0.5, 0.6) is 0 Å². The van der Waals surface area contributed by atoms with E-state index >= 15 is 0 Å². The summed E-state index contributed by atoms with van der Waals surface area (Å²) in [5.74, 6) is -0.463. The van der Waals surface area contributed by atoms with Crippen LogP contribution in [0, 0.1) is 12.8 Å². The van der Waals surface area contributed by atoms with Crippen molar-refractivity contribution in [1.29, 1.82) is 0 Å². The predicted octanol–water partition coefficient (Wildman–Crippen LogP) is 3.05. The van der Waals surface area contributed by atoms with Gasteiger partial charge in [-0.15, -0.1) is 0 Å². The van der Waals surface area contributed by atoms with Crippen molar-refractivity contribution in [2.24, 2.45) is 5.92 Å². The number of anilines is 1. The number of aliphatic carboxylic acids is 1. The van der Waals surface area contributed by atoms with E-state index < -0.39 is 11.5 Å². The molecule has 0 radical (unpaired) electrons. The molecule has 0 aromatic heterocycles. The van der Waals surface area contributed by atoms with Crippen molar-refractivity contribution in [2.45, 2.75) is 38.6 Å². The maximum absolute atomic E-state index is 11.6. The van der Waals surface area contributed by atoms with Crippen LogP contribution in [-0.4, -0.2) is 16.6 Å². The molecule has 0 saturated heterocycles. The summed E-state index contributed by atoms with van der Waals surface area (Å²) < 4.78 is 0. The van der Waals surface area contributed by atoms with Gasteiger partial charge in [-0.25, -0.2) is 4.79 Å². The Morgan fingerprint density at radius 1 is 1.47 bits per heavy atom. The first-order chi connectivity index (χ1) is 8.10. The van der Waals surface area contributed by atoms with Crippen LogP contribution < -0.4 is 5.32 Å². The molecule has 0 bridgehead atoms. The summed E-state index contributed by atoms with van der Waals surface area (Å²) in [6.45, 7) is 3.94. The van der Waals surface area contributed by atoms with Crippen molar-refractivity contribution in [1.82, 2.24) is 0 Å². The molecule has 3 heteroatoms. The fourth-order valence-electron chi connectivity index (χ4n) is 2.39. The lowest BCUT2D eigenvalue weighted by Crippen LogP contribution is -2.48. The average molecular weight is 233 g/mol. The second-order valence-corrected chi connectivity index (χ2v) is 4.84. The molecule has 1 saturated carbocycles. The molecule has 0 aliphatic heterocycles. The fourth-order valence-corrected chi connectivity index (χ4v) is 2.39. The summed E-state index contributed by atoms with van der Waals surface area (Å²) in [7, 11) is 0. The van der Waals surface area contributed by atoms with Crippen molar-refractivity contribution in [3.8, 4) is 0 Å². The highest BCUT2D eigenvalue weighted by molar-refractivity contribution is 5.84. The van der Waals surface area contributed by atoms with Gasteiger partial charge in [0.25, 0.3) is 0 Å². The molecule has 0 heterocycles. The van der Waals surface area contributed by atoms with Crippen LogP contribution in [-0.2, 0) is 4.79 Å². The van der Waals surface area contributed by atoms with E-state index in [1.807, 2.05) is 38.1 Å². The largest absolute Gasteiger partial charge is 0.479 e. The Bertz CT molecular complexity index is 426. The number of carbonyl (C=O) groups is 1. The minimum absolute atomic E-state index is 0.268. The Balaban J connectivity index is 2.30. The number of benzene rings is 1. The molecular weight excluding hydrogens is 214 g/mol. The summed E-state index contributed by atoms with van der Waals surface area (Å²) >= 11 is 0. The van der Waals surface area contributed by atoms with E-state index in [0.717, 1.165) is 24.1 Å². The van der Waals surface area contributed by atoms with Crippen LogP contribution >= 0.6 is 0 Å². The summed E-state index contributed by atoms with van der Waals surface area (Å²) in [6.07, 6.45) is 2.64. The van der Waals surface area contributed by atoms with E-state index in [0.29, 0.717) is 6.42 Å². The summed E-state index contributed by atoms with van der Waals surface area (Å²) in [5, 5.41) is 12.8. The van der Waals surface area contributed by atoms with Gasteiger partial charge in [-0.3, -0.25) is 0 Å². The van der Waals surface area contributed by atoms with Crippen molar-refractivity contribution in [3.63, 3.8) is 0 Å². The van der Waals surface area contributed by atoms with E-state index in [4.69, 9.17) is 0 Å². The van der Waals surface area contributed by atoms with Gasteiger partial charge in [-0.2, -0.15) is 0 Å². The van der Waals surface area contributed by atoms with E-state index in [1.54, 1.807) is 0 Å². The lowest BCUT2D eigenvalue weighted by Gasteiger charge is -2.31. The van der Waals surface area contributed by atoms with Gasteiger partial charge < -0.3 is 10.4 Å². The van der Waals surface area contributed by atoms with Gasteiger partial charge in [0.2, 0.25) is 0 Å². The first-order valence-electron chi connectivity index (χ1n) is 6.17. The highest BCUT2D eigenvalue weighted by Gasteiger charge is 2.50. The van der Waals surface area contributed by atoms with Crippen LogP contribution in [0.15, 0.2) is 24.3 Å². The highest BCUT2D eigenvalue weighted by atomic mass is 16.4. The standard InChI is InChI=1S/C14H19NO2/c1-3-14(13(16)17,11-8-9-11)15-12-7-5-4-6-10(12)2/h4-7,11,15H,3,8-9H2,1-2H3,(H,16,17). The van der Waals surface area contributed by atoms with Gasteiger partial charge >= 0.3 is 5.97 Å². The number of aryl methyl sites for hydroxylation is 1. The molecule has 92 valence electrons. The number of carboxylic acid groups (broad SMARTS) is 1. The minimum Gasteiger partial charge on any atom is -0.479 e. The molecule has 1 unspecified atom stereocenters. The Hall–Kier alpha value is -1.51. The Kier molecular flexibility index (Phi) is 3.09. The molecule has 0 amide bonds. The quantitative estimate of drug-likeness (QED) is 0.821. The summed E-state index contributed by atoms with van der Waals surface area (Å²) in [6, 6.07) is 7.85. The van der Waals surface area contributed by atoms with Gasteiger partial charge in [-0.1, -0.05) is 25.1 Å². The zero-order chi connectivity index (χ0) is 12.5. The minimum atomic E-state index is -0.786. The van der Waals surface area contributed by atoms with E-state index in [9.17, 15) is 9.90 Å². The zero-order valence-corrected chi connectivity index (χ0v) is 10.4. The van der Waals surface area contributed by atoms with Crippen molar-refractivity contribution < 1.29 is 9.90 Å². The van der Waals surface area contributed by atoms with Crippen LogP contribution in [0.1, 0.15) is 31.7 Å². The molecule has 1 aliphatic carbocycles. The van der Waals surface area contributed by atoms with Gasteiger partial charge in [0.05, 0.1) is 0 Å². The molecule has 1 atom stereocenters. The lowest BCUT2D eigenvalue weighted by atomic mass is 9.89. The molecule has 2 N–H and O–H groups in total. The van der Waals surface area contributed by atoms with Gasteiger partial charge in [0.1, 0.15) is 5.54 Å². The first kappa shape index (κ1) is 12.0. The van der Waals surface area contributed by atoms with Gasteiger partial charge in [0.15, 0.2) is 0 Å². The fraction of sp³-hybridized carbons (Fsp3) is 0.500. The number of para-hydroxylation sites is 1. The topological polar surface area (TPSA) is 49.3 Å². The molecule has 1 aromatic carbocycles. The van der Waals surface area contributed by atoms with E-state index in [2.05, 4.69) is 5.32 Å². The monoisotopic (exact) mass is 233 g/mol. The normalized spacial score (nSPS) is 18.5. The van der Waals surface area contributed by atoms with Crippen LogP contribution in [0.4, 0.5) is 5.69 Å². The second kappa shape index (κ2) is 4.40. The number of hydrogen-bond donors (Lipinski definition) is 2. The Morgan fingerprint density at radius 3 is 2.59 bits per heavy atom. The third kappa shape index (κ3) is 2.14. The number of rotatable bonds is 5. The zero-order valence-electron chi connectivity index (χ0n) is 10.4. The average Bonchev–Trinajstić information content (AvgIpc) is 3.12. The van der Waals surface area contributed by atoms with Crippen molar-refractivity contribution >= 4 is 11.7 Å². The molecule has 2 rings (SSSR count). The number of carboxylic acids is 1. The Labute approximate surface area is 102 Å². The molecule has 17 heavy (non-hydrogen) atoms. The number of nitrogens with one attached hydrogen (secondary N) is 1. The second-order valence-electron chi connectivity index (χ2n) is 4.84. The highest BCUT2D eigenvalue weighted by Crippen LogP contribution is 2.44. The van der Waals surface area contributed by atoms with E-state index in [-0.39, 0.29) is 5.92 Å². The third-order valence-electron chi connectivity index (χ3n) is 3.72. The maximum Gasteiger partial charge on any atom is 0.329 e. The van der Waals surface area contributed by atoms with Gasteiger partial charge in [0, 0.05) is 5.69 Å². The van der Waals surface area contributed by atoms with Crippen LogP contribution in [0.3, 0.4) is 0 Å². The van der Waals surface area contributed by atoms with Crippen molar-refractivity contribution in [2.75, 3.05) is 5.32 Å². The molecule has 0 spiro atoms. The smallest absolute Gasteiger partial charge is 0.329 e. The summed E-state index contributed by atoms with van der Waals surface area (Å²) in [5.41, 5.74) is 1.24. The van der Waals surface area contributed by atoms with Gasteiger partial charge in [-0.05, 0) is 43.7 Å². The molecule has 3 nitrogen and oxygen atoms in total. The molecular formula is C14H19NO2. The first-order valence-corrected chi connectivity index (χ1v) is 6.17. The molecule has 1 aliphatic rings. The summed E-state index contributed by atoms with van der Waals surface area (Å²) in [4.78, 5) is 11.6. The van der Waals surface area contributed by atoms with Crippen LogP contribution in [0.25, 0.3) is 0 Å². The molecule has 1 aromatic rings. The molecule has 1 fully saturated rings. The SMILES string of the molecule is CCC(Nc1ccccc1C)(C(=O)O)C1CC1.